The van der Waals surface area contributed by atoms with E-state index >= 15 is 0 Å². The van der Waals surface area contributed by atoms with Crippen LogP contribution in [0.5, 0.6) is 0 Å². The largest absolute Gasteiger partial charge is 0.406 e. The van der Waals surface area contributed by atoms with Crippen molar-refractivity contribution in [1.29, 1.82) is 0 Å². The lowest BCUT2D eigenvalue weighted by molar-refractivity contribution is -0.155. The monoisotopic (exact) mass is 238 g/mol. The number of alkyl halides is 3. The van der Waals surface area contributed by atoms with E-state index in [0.29, 0.717) is 6.42 Å². The van der Waals surface area contributed by atoms with Crippen LogP contribution in [0.3, 0.4) is 0 Å². The minimum absolute atomic E-state index is 0.0225. The van der Waals surface area contributed by atoms with E-state index in [1.165, 1.54) is 0 Å². The standard InChI is InChI=1S/C9H13F3N2O2/c1-2-6-3-7(15)14(5-9(10,11)12)8(16)13-4-6/h6H,2-5H2,1H3,(H,13,16). The summed E-state index contributed by atoms with van der Waals surface area (Å²) in [4.78, 5) is 22.9. The number of carbonyl (C=O) groups is 2. The zero-order chi connectivity index (χ0) is 12.3. The summed E-state index contributed by atoms with van der Waals surface area (Å²) >= 11 is 0. The Bertz CT molecular complexity index is 291. The molecule has 0 aliphatic carbocycles. The van der Waals surface area contributed by atoms with Crippen LogP contribution in [-0.4, -0.2) is 36.1 Å². The minimum atomic E-state index is -4.56. The van der Waals surface area contributed by atoms with Crippen LogP contribution in [0.15, 0.2) is 0 Å². The lowest BCUT2D eigenvalue weighted by Gasteiger charge is -2.19. The first-order valence-corrected chi connectivity index (χ1v) is 4.98. The number of amides is 3. The highest BCUT2D eigenvalue weighted by Gasteiger charge is 2.38. The average Bonchev–Trinajstić information content (AvgIpc) is 2.29. The van der Waals surface area contributed by atoms with Crippen molar-refractivity contribution < 1.29 is 22.8 Å². The van der Waals surface area contributed by atoms with Gasteiger partial charge in [-0.15, -0.1) is 0 Å². The fraction of sp³-hybridized carbons (Fsp3) is 0.778. The average molecular weight is 238 g/mol. The summed E-state index contributed by atoms with van der Waals surface area (Å²) in [7, 11) is 0. The molecule has 1 fully saturated rings. The molecular formula is C9H13F3N2O2. The minimum Gasteiger partial charge on any atom is -0.337 e. The number of nitrogens with one attached hydrogen (secondary N) is 1. The molecule has 0 bridgehead atoms. The molecule has 3 amide bonds. The van der Waals surface area contributed by atoms with Gasteiger partial charge in [0.25, 0.3) is 0 Å². The van der Waals surface area contributed by atoms with Crippen LogP contribution < -0.4 is 5.32 Å². The first kappa shape index (κ1) is 12.8. The summed E-state index contributed by atoms with van der Waals surface area (Å²) in [5.41, 5.74) is 0. The molecule has 7 heteroatoms. The Morgan fingerprint density at radius 1 is 1.44 bits per heavy atom. The summed E-state index contributed by atoms with van der Waals surface area (Å²) < 4.78 is 36.4. The van der Waals surface area contributed by atoms with Crippen LogP contribution in [0.25, 0.3) is 0 Å². The second kappa shape index (κ2) is 4.71. The van der Waals surface area contributed by atoms with Crippen LogP contribution in [0, 0.1) is 5.92 Å². The van der Waals surface area contributed by atoms with E-state index in [4.69, 9.17) is 0 Å². The number of nitrogens with zero attached hydrogens (tertiary/aromatic N) is 1. The molecule has 1 aliphatic rings. The number of rotatable bonds is 2. The van der Waals surface area contributed by atoms with E-state index in [0.717, 1.165) is 0 Å². The molecule has 1 rings (SSSR count). The zero-order valence-corrected chi connectivity index (χ0v) is 8.80. The quantitative estimate of drug-likeness (QED) is 0.792. The second-order valence-corrected chi connectivity index (χ2v) is 3.76. The number of imide groups is 1. The van der Waals surface area contributed by atoms with Gasteiger partial charge in [-0.25, -0.2) is 4.79 Å². The van der Waals surface area contributed by atoms with Crippen molar-refractivity contribution in [2.45, 2.75) is 25.9 Å². The molecule has 1 N–H and O–H groups in total. The lowest BCUT2D eigenvalue weighted by Crippen LogP contribution is -2.46. The van der Waals surface area contributed by atoms with Crippen molar-refractivity contribution in [1.82, 2.24) is 10.2 Å². The highest BCUT2D eigenvalue weighted by Crippen LogP contribution is 2.20. The van der Waals surface area contributed by atoms with E-state index in [-0.39, 0.29) is 23.8 Å². The van der Waals surface area contributed by atoms with Gasteiger partial charge in [-0.3, -0.25) is 9.69 Å². The first-order valence-electron chi connectivity index (χ1n) is 4.98. The molecule has 16 heavy (non-hydrogen) atoms. The molecular weight excluding hydrogens is 225 g/mol. The number of halogens is 3. The zero-order valence-electron chi connectivity index (χ0n) is 8.80. The van der Waals surface area contributed by atoms with Crippen molar-refractivity contribution in [2.75, 3.05) is 13.1 Å². The Morgan fingerprint density at radius 2 is 2.06 bits per heavy atom. The van der Waals surface area contributed by atoms with E-state index in [2.05, 4.69) is 5.32 Å². The van der Waals surface area contributed by atoms with Crippen molar-refractivity contribution in [3.63, 3.8) is 0 Å². The molecule has 0 aromatic carbocycles. The molecule has 0 radical (unpaired) electrons. The number of hydrogen-bond acceptors (Lipinski definition) is 2. The van der Waals surface area contributed by atoms with Crippen LogP contribution in [-0.2, 0) is 4.79 Å². The molecule has 0 aromatic heterocycles. The highest BCUT2D eigenvalue weighted by atomic mass is 19.4. The van der Waals surface area contributed by atoms with Gasteiger partial charge in [-0.1, -0.05) is 13.3 Å². The molecule has 0 spiro atoms. The van der Waals surface area contributed by atoms with Crippen molar-refractivity contribution in [3.8, 4) is 0 Å². The van der Waals surface area contributed by atoms with Gasteiger partial charge in [-0.05, 0) is 5.92 Å². The molecule has 0 saturated carbocycles. The normalized spacial score (nSPS) is 23.0. The summed E-state index contributed by atoms with van der Waals surface area (Å²) in [6.45, 7) is 0.549. The fourth-order valence-electron chi connectivity index (χ4n) is 1.50. The number of hydrogen-bond donors (Lipinski definition) is 1. The molecule has 1 saturated heterocycles. The molecule has 4 nitrogen and oxygen atoms in total. The van der Waals surface area contributed by atoms with Crippen LogP contribution in [0.2, 0.25) is 0 Å². The molecule has 1 heterocycles. The van der Waals surface area contributed by atoms with Crippen molar-refractivity contribution in [3.05, 3.63) is 0 Å². The predicted octanol–water partition coefficient (Wildman–Crippen LogP) is 1.52. The van der Waals surface area contributed by atoms with Gasteiger partial charge >= 0.3 is 12.2 Å². The predicted molar refractivity (Wildman–Crippen MR) is 49.6 cm³/mol. The van der Waals surface area contributed by atoms with Gasteiger partial charge in [0.05, 0.1) is 0 Å². The topological polar surface area (TPSA) is 49.4 Å². The third kappa shape index (κ3) is 3.39. The van der Waals surface area contributed by atoms with Crippen molar-refractivity contribution >= 4 is 11.9 Å². The summed E-state index contributed by atoms with van der Waals surface area (Å²) in [5.74, 6) is -0.853. The van der Waals surface area contributed by atoms with E-state index < -0.39 is 24.7 Å². The van der Waals surface area contributed by atoms with Gasteiger partial charge in [0, 0.05) is 13.0 Å². The smallest absolute Gasteiger partial charge is 0.337 e. The van der Waals surface area contributed by atoms with Crippen LogP contribution >= 0.6 is 0 Å². The molecule has 0 aromatic rings. The lowest BCUT2D eigenvalue weighted by atomic mass is 10.0. The molecule has 92 valence electrons. The first-order chi connectivity index (χ1) is 7.33. The van der Waals surface area contributed by atoms with E-state index in [9.17, 15) is 22.8 Å². The molecule has 1 aliphatic heterocycles. The second-order valence-electron chi connectivity index (χ2n) is 3.76. The van der Waals surface area contributed by atoms with Crippen molar-refractivity contribution in [2.24, 2.45) is 5.92 Å². The summed E-state index contributed by atoms with van der Waals surface area (Å²) in [5, 5.41) is 2.31. The highest BCUT2D eigenvalue weighted by molar-refractivity contribution is 5.95. The Balaban J connectivity index is 2.75. The SMILES string of the molecule is CCC1CNC(=O)N(CC(F)(F)F)C(=O)C1. The maximum Gasteiger partial charge on any atom is 0.406 e. The van der Waals surface area contributed by atoms with Gasteiger partial charge in [-0.2, -0.15) is 13.2 Å². The Labute approximate surface area is 90.8 Å². The molecule has 1 unspecified atom stereocenters. The van der Waals surface area contributed by atoms with E-state index in [1.807, 2.05) is 6.92 Å². The summed E-state index contributed by atoms with van der Waals surface area (Å²) in [6.07, 6.45) is -3.93. The van der Waals surface area contributed by atoms with E-state index in [1.54, 1.807) is 0 Å². The maximum atomic E-state index is 12.1. The van der Waals surface area contributed by atoms with Crippen LogP contribution in [0.4, 0.5) is 18.0 Å². The number of carbonyl (C=O) groups excluding carboxylic acids is 2. The Hall–Kier alpha value is -1.27. The third-order valence-electron chi connectivity index (χ3n) is 2.47. The van der Waals surface area contributed by atoms with Gasteiger partial charge in [0.1, 0.15) is 6.54 Å². The number of urea groups is 1. The Kier molecular flexibility index (Phi) is 3.77. The third-order valence-corrected chi connectivity index (χ3v) is 2.47. The summed E-state index contributed by atoms with van der Waals surface area (Å²) in [6, 6.07) is -0.960. The fourth-order valence-corrected chi connectivity index (χ4v) is 1.50. The molecule has 1 atom stereocenters. The van der Waals surface area contributed by atoms with Gasteiger partial charge < -0.3 is 5.32 Å². The van der Waals surface area contributed by atoms with Crippen LogP contribution in [0.1, 0.15) is 19.8 Å². The maximum absolute atomic E-state index is 12.1. The van der Waals surface area contributed by atoms with Gasteiger partial charge in [0.2, 0.25) is 5.91 Å². The van der Waals surface area contributed by atoms with Gasteiger partial charge in [0.15, 0.2) is 0 Å². The Morgan fingerprint density at radius 3 is 2.56 bits per heavy atom.